The molecule has 0 bridgehead atoms. The van der Waals surface area contributed by atoms with Gasteiger partial charge in [-0.1, -0.05) is 27.2 Å². The fraction of sp³-hybridized carbons (Fsp3) is 1.00. The molecular weight excluding hydrogens is 304 g/mol. The Morgan fingerprint density at radius 2 is 2.05 bits per heavy atom. The zero-order valence-corrected chi connectivity index (χ0v) is 15.2. The third-order valence-electron chi connectivity index (χ3n) is 5.19. The molecule has 1 saturated heterocycles. The lowest BCUT2D eigenvalue weighted by Crippen LogP contribution is -2.64. The summed E-state index contributed by atoms with van der Waals surface area (Å²) in [5.74, 6) is 1.93. The summed E-state index contributed by atoms with van der Waals surface area (Å²) in [5.41, 5.74) is 6.32. The molecular formula is C15H30N2O2S2. The van der Waals surface area contributed by atoms with Crippen LogP contribution < -0.4 is 5.73 Å². The first-order valence-electron chi connectivity index (χ1n) is 8.02. The second-order valence-corrected chi connectivity index (χ2v) is 10.9. The van der Waals surface area contributed by atoms with Crippen molar-refractivity contribution in [1.82, 2.24) is 4.90 Å². The molecule has 1 heterocycles. The highest BCUT2D eigenvalue weighted by Crippen LogP contribution is 2.45. The largest absolute Gasteiger partial charge is 0.329 e. The van der Waals surface area contributed by atoms with Crippen LogP contribution >= 0.6 is 11.8 Å². The molecule has 2 aliphatic rings. The van der Waals surface area contributed by atoms with Crippen molar-refractivity contribution in [3.8, 4) is 0 Å². The SMILES string of the molecule is CCS(=O)(=O)C1CSCCN1C1(CN)CCCC(C)(C)C1. The van der Waals surface area contributed by atoms with Crippen molar-refractivity contribution in [1.29, 1.82) is 0 Å². The number of nitrogens with zero attached hydrogens (tertiary/aromatic N) is 1. The van der Waals surface area contributed by atoms with Crippen LogP contribution in [0.2, 0.25) is 0 Å². The van der Waals surface area contributed by atoms with Crippen LogP contribution in [0.1, 0.15) is 46.5 Å². The smallest absolute Gasteiger partial charge is 0.166 e. The highest BCUT2D eigenvalue weighted by atomic mass is 32.2. The van der Waals surface area contributed by atoms with Crippen LogP contribution in [0.15, 0.2) is 0 Å². The Hall–Kier alpha value is 0.220. The standard InChI is InChI=1S/C15H30N2O2S2/c1-4-21(18,19)13-10-20-9-8-17(13)15(12-16)7-5-6-14(2,3)11-15/h13H,4-12,16H2,1-3H3. The van der Waals surface area contributed by atoms with E-state index >= 15 is 0 Å². The van der Waals surface area contributed by atoms with Gasteiger partial charge < -0.3 is 5.73 Å². The number of rotatable bonds is 4. The molecule has 0 aromatic rings. The van der Waals surface area contributed by atoms with E-state index in [1.807, 2.05) is 0 Å². The van der Waals surface area contributed by atoms with Crippen LogP contribution in [0.25, 0.3) is 0 Å². The minimum atomic E-state index is -3.06. The summed E-state index contributed by atoms with van der Waals surface area (Å²) in [6, 6.07) is 0. The molecule has 2 unspecified atom stereocenters. The number of hydrogen-bond acceptors (Lipinski definition) is 5. The van der Waals surface area contributed by atoms with Crippen LogP contribution in [0, 0.1) is 5.41 Å². The van der Waals surface area contributed by atoms with Crippen molar-refractivity contribution in [2.75, 3.05) is 30.3 Å². The van der Waals surface area contributed by atoms with E-state index < -0.39 is 9.84 Å². The van der Waals surface area contributed by atoms with Crippen molar-refractivity contribution >= 4 is 21.6 Å². The normalized spacial score (nSPS) is 34.8. The van der Waals surface area contributed by atoms with Crippen LogP contribution in [0.3, 0.4) is 0 Å². The van der Waals surface area contributed by atoms with Crippen LogP contribution in [0.5, 0.6) is 0 Å². The molecule has 0 aromatic heterocycles. The molecule has 0 spiro atoms. The Bertz CT molecular complexity index is 464. The minimum absolute atomic E-state index is 0.129. The first-order valence-corrected chi connectivity index (χ1v) is 10.9. The fourth-order valence-corrected chi connectivity index (χ4v) is 7.21. The molecule has 2 fully saturated rings. The summed E-state index contributed by atoms with van der Waals surface area (Å²) in [4.78, 5) is 2.27. The van der Waals surface area contributed by atoms with Crippen LogP contribution in [-0.2, 0) is 9.84 Å². The Kier molecular flexibility index (Phi) is 5.34. The van der Waals surface area contributed by atoms with E-state index in [0.717, 1.165) is 31.6 Å². The molecule has 1 aliphatic heterocycles. The lowest BCUT2D eigenvalue weighted by molar-refractivity contribution is 0.00675. The second-order valence-electron chi connectivity index (χ2n) is 7.30. The predicted molar refractivity (Wildman–Crippen MR) is 91.3 cm³/mol. The third-order valence-corrected chi connectivity index (χ3v) is 8.48. The van der Waals surface area contributed by atoms with Gasteiger partial charge in [0, 0.05) is 35.9 Å². The van der Waals surface area contributed by atoms with Gasteiger partial charge in [0.05, 0.1) is 0 Å². The lowest BCUT2D eigenvalue weighted by Gasteiger charge is -2.54. The van der Waals surface area contributed by atoms with E-state index in [1.54, 1.807) is 18.7 Å². The van der Waals surface area contributed by atoms with Crippen LogP contribution in [0.4, 0.5) is 0 Å². The summed E-state index contributed by atoms with van der Waals surface area (Å²) in [7, 11) is -3.06. The first-order chi connectivity index (χ1) is 9.76. The van der Waals surface area contributed by atoms with Gasteiger partial charge in [-0.05, 0) is 24.7 Å². The predicted octanol–water partition coefficient (Wildman–Crippen LogP) is 2.09. The molecule has 0 radical (unpaired) electrons. The van der Waals surface area contributed by atoms with Gasteiger partial charge in [-0.2, -0.15) is 11.8 Å². The molecule has 4 nitrogen and oxygen atoms in total. The zero-order valence-electron chi connectivity index (χ0n) is 13.6. The van der Waals surface area contributed by atoms with Gasteiger partial charge in [0.25, 0.3) is 0 Å². The average molecular weight is 335 g/mol. The van der Waals surface area contributed by atoms with E-state index in [1.165, 1.54) is 6.42 Å². The first kappa shape index (κ1) is 17.6. The molecule has 1 saturated carbocycles. The number of nitrogens with two attached hydrogens (primary N) is 1. The van der Waals surface area contributed by atoms with E-state index in [2.05, 4.69) is 18.7 Å². The van der Waals surface area contributed by atoms with Crippen molar-refractivity contribution in [2.24, 2.45) is 11.1 Å². The van der Waals surface area contributed by atoms with Crippen molar-refractivity contribution in [3.63, 3.8) is 0 Å². The fourth-order valence-electron chi connectivity index (χ4n) is 4.11. The maximum Gasteiger partial charge on any atom is 0.166 e. The summed E-state index contributed by atoms with van der Waals surface area (Å²) in [6.45, 7) is 7.75. The number of thioether (sulfide) groups is 1. The van der Waals surface area contributed by atoms with Gasteiger partial charge in [-0.15, -0.1) is 0 Å². The third kappa shape index (κ3) is 3.59. The lowest BCUT2D eigenvalue weighted by atomic mass is 9.67. The van der Waals surface area contributed by atoms with Gasteiger partial charge in [0.2, 0.25) is 0 Å². The molecule has 2 N–H and O–H groups in total. The van der Waals surface area contributed by atoms with E-state index in [-0.39, 0.29) is 22.1 Å². The van der Waals surface area contributed by atoms with Gasteiger partial charge in [0.15, 0.2) is 9.84 Å². The maximum absolute atomic E-state index is 12.5. The Balaban J connectivity index is 2.34. The molecule has 21 heavy (non-hydrogen) atoms. The summed E-state index contributed by atoms with van der Waals surface area (Å²) < 4.78 is 25.1. The molecule has 124 valence electrons. The molecule has 1 aliphatic carbocycles. The van der Waals surface area contributed by atoms with E-state index in [0.29, 0.717) is 12.3 Å². The van der Waals surface area contributed by atoms with Crippen LogP contribution in [-0.4, -0.2) is 54.6 Å². The molecule has 2 rings (SSSR count). The summed E-state index contributed by atoms with van der Waals surface area (Å²) in [6.07, 6.45) is 4.40. The minimum Gasteiger partial charge on any atom is -0.329 e. The second kappa shape index (κ2) is 6.38. The highest BCUT2D eigenvalue weighted by molar-refractivity contribution is 8.01. The topological polar surface area (TPSA) is 63.4 Å². The average Bonchev–Trinajstić information content (AvgIpc) is 2.46. The van der Waals surface area contributed by atoms with Gasteiger partial charge >= 0.3 is 0 Å². The number of hydrogen-bond donors (Lipinski definition) is 1. The van der Waals surface area contributed by atoms with E-state index in [4.69, 9.17) is 5.73 Å². The Morgan fingerprint density at radius 1 is 1.33 bits per heavy atom. The zero-order chi connectivity index (χ0) is 15.7. The molecule has 0 amide bonds. The Morgan fingerprint density at radius 3 is 2.62 bits per heavy atom. The highest BCUT2D eigenvalue weighted by Gasteiger charge is 2.48. The van der Waals surface area contributed by atoms with Crippen molar-refractivity contribution in [3.05, 3.63) is 0 Å². The molecule has 0 aromatic carbocycles. The number of sulfone groups is 1. The van der Waals surface area contributed by atoms with Gasteiger partial charge in [-0.3, -0.25) is 4.90 Å². The summed E-state index contributed by atoms with van der Waals surface area (Å²) >= 11 is 1.76. The van der Waals surface area contributed by atoms with E-state index in [9.17, 15) is 8.42 Å². The van der Waals surface area contributed by atoms with Crippen molar-refractivity contribution < 1.29 is 8.42 Å². The Labute approximate surface area is 134 Å². The van der Waals surface area contributed by atoms with Gasteiger partial charge in [-0.25, -0.2) is 8.42 Å². The molecule has 2 atom stereocenters. The quantitative estimate of drug-likeness (QED) is 0.853. The monoisotopic (exact) mass is 334 g/mol. The maximum atomic E-state index is 12.5. The van der Waals surface area contributed by atoms with Gasteiger partial charge in [0.1, 0.15) is 5.37 Å². The van der Waals surface area contributed by atoms with Crippen molar-refractivity contribution in [2.45, 2.75) is 57.4 Å². The molecule has 6 heteroatoms. The summed E-state index contributed by atoms with van der Waals surface area (Å²) in [5, 5.41) is -0.348.